The Morgan fingerprint density at radius 3 is 2.48 bits per heavy atom. The number of amides is 2. The number of rotatable bonds is 2. The summed E-state index contributed by atoms with van der Waals surface area (Å²) in [7, 11) is 3.31. The van der Waals surface area contributed by atoms with Gasteiger partial charge in [0.05, 0.1) is 11.8 Å². The van der Waals surface area contributed by atoms with Crippen LogP contribution < -0.4 is 4.90 Å². The van der Waals surface area contributed by atoms with Crippen molar-refractivity contribution in [1.82, 2.24) is 4.90 Å². The van der Waals surface area contributed by atoms with Crippen molar-refractivity contribution in [2.75, 3.05) is 19.0 Å². The molecule has 0 bridgehead atoms. The molecule has 1 fully saturated rings. The largest absolute Gasteiger partial charge is 0.393 e. The van der Waals surface area contributed by atoms with Crippen molar-refractivity contribution in [3.63, 3.8) is 0 Å². The second-order valence-electron chi connectivity index (χ2n) is 5.51. The van der Waals surface area contributed by atoms with Gasteiger partial charge in [-0.25, -0.2) is 9.18 Å². The number of hydrogen-bond donors (Lipinski definition) is 1. The molecular weight excluding hydrogens is 339 g/mol. The molecule has 1 N–H and O–H groups in total. The van der Waals surface area contributed by atoms with Gasteiger partial charge in [0.25, 0.3) is 0 Å². The molecule has 4 nitrogen and oxygen atoms in total. The zero-order valence-corrected chi connectivity index (χ0v) is 13.8. The molecule has 1 aromatic rings. The molecule has 2 rings (SSSR count). The third-order valence-electron chi connectivity index (χ3n) is 4.07. The Balaban J connectivity index is 2.07. The standard InChI is InChI=1S/C15H20BrFN2O2/c1-18(11-4-6-12(20)7-5-11)15(21)19(2)14-8-3-10(16)9-13(14)17/h3,8-9,11-12,20H,4-7H2,1-2H3/t11-,12+. The van der Waals surface area contributed by atoms with E-state index >= 15 is 0 Å². The number of anilines is 1. The van der Waals surface area contributed by atoms with Crippen LogP contribution in [0.3, 0.4) is 0 Å². The van der Waals surface area contributed by atoms with Crippen molar-refractivity contribution < 1.29 is 14.3 Å². The van der Waals surface area contributed by atoms with Crippen LogP contribution in [0, 0.1) is 5.82 Å². The Hall–Kier alpha value is -1.14. The molecule has 1 aliphatic carbocycles. The molecule has 0 unspecified atom stereocenters. The predicted octanol–water partition coefficient (Wildman–Crippen LogP) is 3.38. The molecule has 0 spiro atoms. The van der Waals surface area contributed by atoms with Crippen LogP contribution in [0.2, 0.25) is 0 Å². The van der Waals surface area contributed by atoms with E-state index in [0.717, 1.165) is 12.8 Å². The van der Waals surface area contributed by atoms with E-state index in [1.54, 1.807) is 31.1 Å². The quantitative estimate of drug-likeness (QED) is 0.880. The van der Waals surface area contributed by atoms with Crippen LogP contribution in [-0.4, -0.2) is 42.3 Å². The molecule has 0 heterocycles. The molecule has 2 amide bonds. The maximum absolute atomic E-state index is 13.9. The number of nitrogens with zero attached hydrogens (tertiary/aromatic N) is 2. The van der Waals surface area contributed by atoms with Crippen molar-refractivity contribution in [3.05, 3.63) is 28.5 Å². The first-order valence-corrected chi connectivity index (χ1v) is 7.83. The third-order valence-corrected chi connectivity index (χ3v) is 4.57. The summed E-state index contributed by atoms with van der Waals surface area (Å²) in [5.41, 5.74) is 0.255. The lowest BCUT2D eigenvalue weighted by molar-refractivity contribution is 0.0933. The maximum atomic E-state index is 13.9. The predicted molar refractivity (Wildman–Crippen MR) is 83.9 cm³/mol. The van der Waals surface area contributed by atoms with Gasteiger partial charge in [0.1, 0.15) is 5.82 Å². The summed E-state index contributed by atoms with van der Waals surface area (Å²) in [4.78, 5) is 15.4. The molecule has 6 heteroatoms. The second kappa shape index (κ2) is 6.75. The fourth-order valence-electron chi connectivity index (χ4n) is 2.69. The summed E-state index contributed by atoms with van der Waals surface area (Å²) in [6.45, 7) is 0. The minimum Gasteiger partial charge on any atom is -0.393 e. The lowest BCUT2D eigenvalue weighted by atomic mass is 9.92. The molecule has 21 heavy (non-hydrogen) atoms. The van der Waals surface area contributed by atoms with E-state index in [1.165, 1.54) is 11.0 Å². The van der Waals surface area contributed by atoms with Gasteiger partial charge in [0.15, 0.2) is 0 Å². The van der Waals surface area contributed by atoms with Crippen LogP contribution in [0.1, 0.15) is 25.7 Å². The van der Waals surface area contributed by atoms with Crippen LogP contribution >= 0.6 is 15.9 Å². The Morgan fingerprint density at radius 1 is 1.29 bits per heavy atom. The van der Waals surface area contributed by atoms with Crippen LogP contribution in [0.5, 0.6) is 0 Å². The molecule has 0 atom stereocenters. The Bertz CT molecular complexity index is 518. The SMILES string of the molecule is CN(C(=O)N(C)[C@H]1CC[C@@H](O)CC1)c1ccc(Br)cc1F. The number of halogens is 2. The highest BCUT2D eigenvalue weighted by Gasteiger charge is 2.28. The zero-order valence-electron chi connectivity index (χ0n) is 12.2. The van der Waals surface area contributed by atoms with Crippen molar-refractivity contribution in [2.45, 2.75) is 37.8 Å². The summed E-state index contributed by atoms with van der Waals surface area (Å²) in [6.07, 6.45) is 2.71. The third kappa shape index (κ3) is 3.74. The normalized spacial score (nSPS) is 22.0. The number of urea groups is 1. The van der Waals surface area contributed by atoms with Gasteiger partial charge in [-0.15, -0.1) is 0 Å². The highest BCUT2D eigenvalue weighted by molar-refractivity contribution is 9.10. The van der Waals surface area contributed by atoms with E-state index < -0.39 is 5.82 Å². The number of aliphatic hydroxyl groups is 1. The second-order valence-corrected chi connectivity index (χ2v) is 6.43. The van der Waals surface area contributed by atoms with E-state index in [4.69, 9.17) is 0 Å². The number of carbonyl (C=O) groups is 1. The Morgan fingerprint density at radius 2 is 1.90 bits per heavy atom. The van der Waals surface area contributed by atoms with Gasteiger partial charge in [0.2, 0.25) is 0 Å². The van der Waals surface area contributed by atoms with E-state index in [-0.39, 0.29) is 23.9 Å². The molecule has 0 aromatic heterocycles. The summed E-state index contributed by atoms with van der Waals surface area (Å²) < 4.78 is 14.6. The van der Waals surface area contributed by atoms with Gasteiger partial charge < -0.3 is 10.0 Å². The average Bonchev–Trinajstić information content (AvgIpc) is 2.46. The lowest BCUT2D eigenvalue weighted by Crippen LogP contribution is -2.46. The number of carbonyl (C=O) groups excluding carboxylic acids is 1. The minimum atomic E-state index is -0.437. The van der Waals surface area contributed by atoms with Crippen molar-refractivity contribution >= 4 is 27.6 Å². The number of benzene rings is 1. The Labute approximate surface area is 132 Å². The number of aliphatic hydroxyl groups excluding tert-OH is 1. The fraction of sp³-hybridized carbons (Fsp3) is 0.533. The fourth-order valence-corrected chi connectivity index (χ4v) is 3.03. The number of hydrogen-bond acceptors (Lipinski definition) is 2. The highest BCUT2D eigenvalue weighted by atomic mass is 79.9. The van der Waals surface area contributed by atoms with Gasteiger partial charge in [0, 0.05) is 24.6 Å². The summed E-state index contributed by atoms with van der Waals surface area (Å²) >= 11 is 3.20. The molecule has 1 saturated carbocycles. The van der Waals surface area contributed by atoms with Crippen molar-refractivity contribution in [1.29, 1.82) is 0 Å². The van der Waals surface area contributed by atoms with Gasteiger partial charge >= 0.3 is 6.03 Å². The van der Waals surface area contributed by atoms with Crippen molar-refractivity contribution in [2.24, 2.45) is 0 Å². The first kappa shape index (κ1) is 16.2. The van der Waals surface area contributed by atoms with Crippen molar-refractivity contribution in [3.8, 4) is 0 Å². The van der Waals surface area contributed by atoms with Crippen LogP contribution in [-0.2, 0) is 0 Å². The zero-order chi connectivity index (χ0) is 15.6. The smallest absolute Gasteiger partial charge is 0.324 e. The van der Waals surface area contributed by atoms with E-state index in [0.29, 0.717) is 17.3 Å². The molecule has 1 aromatic carbocycles. The summed E-state index contributed by atoms with van der Waals surface area (Å²) in [5.74, 6) is -0.437. The lowest BCUT2D eigenvalue weighted by Gasteiger charge is -2.35. The minimum absolute atomic E-state index is 0.0989. The maximum Gasteiger partial charge on any atom is 0.324 e. The summed E-state index contributed by atoms with van der Waals surface area (Å²) in [6, 6.07) is 4.49. The molecule has 0 saturated heterocycles. The topological polar surface area (TPSA) is 43.8 Å². The molecular formula is C15H20BrFN2O2. The van der Waals surface area contributed by atoms with Gasteiger partial charge in [-0.05, 0) is 43.9 Å². The highest BCUT2D eigenvalue weighted by Crippen LogP contribution is 2.26. The van der Waals surface area contributed by atoms with Gasteiger partial charge in [-0.3, -0.25) is 4.90 Å². The van der Waals surface area contributed by atoms with E-state index in [9.17, 15) is 14.3 Å². The first-order valence-electron chi connectivity index (χ1n) is 7.03. The molecule has 116 valence electrons. The van der Waals surface area contributed by atoms with Crippen LogP contribution in [0.4, 0.5) is 14.9 Å². The van der Waals surface area contributed by atoms with Gasteiger partial charge in [-0.1, -0.05) is 15.9 Å². The van der Waals surface area contributed by atoms with Gasteiger partial charge in [-0.2, -0.15) is 0 Å². The average molecular weight is 359 g/mol. The summed E-state index contributed by atoms with van der Waals surface area (Å²) in [5, 5.41) is 9.53. The van der Waals surface area contributed by atoms with Crippen LogP contribution in [0.15, 0.2) is 22.7 Å². The monoisotopic (exact) mass is 358 g/mol. The van der Waals surface area contributed by atoms with E-state index in [1.807, 2.05) is 0 Å². The molecule has 0 aliphatic heterocycles. The van der Waals surface area contributed by atoms with Crippen LogP contribution in [0.25, 0.3) is 0 Å². The molecule has 0 radical (unpaired) electrons. The first-order chi connectivity index (χ1) is 9.90. The molecule has 1 aliphatic rings. The Kier molecular flexibility index (Phi) is 5.22. The van der Waals surface area contributed by atoms with E-state index in [2.05, 4.69) is 15.9 Å².